The van der Waals surface area contributed by atoms with Crippen LogP contribution in [0.4, 0.5) is 0 Å². The van der Waals surface area contributed by atoms with Gasteiger partial charge in [-0.2, -0.15) is 0 Å². The first-order valence-electron chi connectivity index (χ1n) is 4.96. The van der Waals surface area contributed by atoms with Crippen LogP contribution in [0.5, 0.6) is 11.5 Å². The molecule has 0 fully saturated rings. The molecule has 88 valence electrons. The Labute approximate surface area is 94.5 Å². The predicted octanol–water partition coefficient (Wildman–Crippen LogP) is 2.05. The highest BCUT2D eigenvalue weighted by Gasteiger charge is 2.28. The number of ether oxygens (including phenoxy) is 1. The Kier molecular flexibility index (Phi) is 3.42. The van der Waals surface area contributed by atoms with Crippen molar-refractivity contribution in [2.45, 2.75) is 20.3 Å². The molecule has 0 saturated heterocycles. The van der Waals surface area contributed by atoms with Crippen LogP contribution in [-0.2, 0) is 11.2 Å². The van der Waals surface area contributed by atoms with E-state index in [9.17, 15) is 9.90 Å². The Hall–Kier alpha value is -1.71. The lowest BCUT2D eigenvalue weighted by Crippen LogP contribution is -2.26. The van der Waals surface area contributed by atoms with Gasteiger partial charge in [0.05, 0.1) is 12.5 Å². The van der Waals surface area contributed by atoms with Gasteiger partial charge >= 0.3 is 5.97 Å². The van der Waals surface area contributed by atoms with E-state index in [-0.39, 0.29) is 12.2 Å². The molecule has 2 N–H and O–H groups in total. The molecule has 4 nitrogen and oxygen atoms in total. The molecule has 0 aliphatic heterocycles. The van der Waals surface area contributed by atoms with Gasteiger partial charge in [0.1, 0.15) is 11.5 Å². The molecule has 1 rings (SSSR count). The summed E-state index contributed by atoms with van der Waals surface area (Å²) in [6, 6.07) is 4.79. The van der Waals surface area contributed by atoms with Crippen molar-refractivity contribution in [3.63, 3.8) is 0 Å². The van der Waals surface area contributed by atoms with Crippen LogP contribution >= 0.6 is 0 Å². The van der Waals surface area contributed by atoms with Crippen LogP contribution in [0.25, 0.3) is 0 Å². The maximum absolute atomic E-state index is 11.0. The zero-order valence-electron chi connectivity index (χ0n) is 9.65. The Balaban J connectivity index is 3.00. The van der Waals surface area contributed by atoms with Gasteiger partial charge in [0.25, 0.3) is 0 Å². The van der Waals surface area contributed by atoms with Crippen LogP contribution in [0.15, 0.2) is 18.2 Å². The standard InChI is InChI=1S/C12H16O4/c1-12(2,11(14)15)7-8-6-9(16-3)4-5-10(8)13/h4-6,13H,7H2,1-3H3,(H,14,15). The largest absolute Gasteiger partial charge is 0.508 e. The Morgan fingerprint density at radius 3 is 2.56 bits per heavy atom. The van der Waals surface area contributed by atoms with E-state index in [4.69, 9.17) is 9.84 Å². The minimum absolute atomic E-state index is 0.0927. The zero-order valence-corrected chi connectivity index (χ0v) is 9.65. The van der Waals surface area contributed by atoms with Crippen LogP contribution < -0.4 is 4.74 Å². The van der Waals surface area contributed by atoms with Crippen molar-refractivity contribution in [1.82, 2.24) is 0 Å². The number of aliphatic carboxylic acids is 1. The Morgan fingerprint density at radius 2 is 2.06 bits per heavy atom. The van der Waals surface area contributed by atoms with Crippen molar-refractivity contribution in [3.8, 4) is 11.5 Å². The average molecular weight is 224 g/mol. The summed E-state index contributed by atoms with van der Waals surface area (Å²) >= 11 is 0. The van der Waals surface area contributed by atoms with E-state index < -0.39 is 11.4 Å². The number of methoxy groups -OCH3 is 1. The molecule has 0 heterocycles. The molecule has 0 spiro atoms. The zero-order chi connectivity index (χ0) is 12.3. The summed E-state index contributed by atoms with van der Waals surface area (Å²) in [5.74, 6) is -0.196. The highest BCUT2D eigenvalue weighted by atomic mass is 16.5. The van der Waals surface area contributed by atoms with Crippen molar-refractivity contribution >= 4 is 5.97 Å². The van der Waals surface area contributed by atoms with Crippen molar-refractivity contribution in [3.05, 3.63) is 23.8 Å². The van der Waals surface area contributed by atoms with Crippen molar-refractivity contribution in [2.75, 3.05) is 7.11 Å². The fourth-order valence-corrected chi connectivity index (χ4v) is 1.38. The van der Waals surface area contributed by atoms with E-state index in [1.807, 2.05) is 0 Å². The van der Waals surface area contributed by atoms with E-state index in [1.54, 1.807) is 26.0 Å². The molecule has 0 aromatic heterocycles. The number of phenolic OH excluding ortho intramolecular Hbond substituents is 1. The number of phenols is 1. The molecule has 16 heavy (non-hydrogen) atoms. The molecule has 0 amide bonds. The lowest BCUT2D eigenvalue weighted by atomic mass is 9.85. The molecule has 0 aliphatic carbocycles. The fourth-order valence-electron chi connectivity index (χ4n) is 1.38. The highest BCUT2D eigenvalue weighted by Crippen LogP contribution is 2.30. The third-order valence-corrected chi connectivity index (χ3v) is 2.50. The maximum Gasteiger partial charge on any atom is 0.309 e. The quantitative estimate of drug-likeness (QED) is 0.821. The maximum atomic E-state index is 11.0. The second kappa shape index (κ2) is 4.43. The number of benzene rings is 1. The highest BCUT2D eigenvalue weighted by molar-refractivity contribution is 5.74. The van der Waals surface area contributed by atoms with Gasteiger partial charge in [-0.3, -0.25) is 4.79 Å². The van der Waals surface area contributed by atoms with Gasteiger partial charge < -0.3 is 14.9 Å². The number of carboxylic acids is 1. The summed E-state index contributed by atoms with van der Waals surface area (Å²) in [6.07, 6.45) is 0.255. The van der Waals surface area contributed by atoms with Crippen molar-refractivity contribution in [1.29, 1.82) is 0 Å². The second-order valence-electron chi connectivity index (χ2n) is 4.36. The van der Waals surface area contributed by atoms with Crippen molar-refractivity contribution < 1.29 is 19.7 Å². The van der Waals surface area contributed by atoms with Gasteiger partial charge in [0.2, 0.25) is 0 Å². The normalized spacial score (nSPS) is 11.2. The van der Waals surface area contributed by atoms with E-state index >= 15 is 0 Å². The average Bonchev–Trinajstić information content (AvgIpc) is 2.21. The minimum Gasteiger partial charge on any atom is -0.508 e. The molecule has 0 saturated carbocycles. The third-order valence-electron chi connectivity index (χ3n) is 2.50. The molecular weight excluding hydrogens is 208 g/mol. The minimum atomic E-state index is -0.913. The number of carbonyl (C=O) groups is 1. The lowest BCUT2D eigenvalue weighted by Gasteiger charge is -2.19. The van der Waals surface area contributed by atoms with Crippen LogP contribution in [0.2, 0.25) is 0 Å². The van der Waals surface area contributed by atoms with Gasteiger partial charge in [-0.15, -0.1) is 0 Å². The Bertz CT molecular complexity index is 396. The molecule has 1 aromatic rings. The number of rotatable bonds is 4. The molecule has 0 bridgehead atoms. The van der Waals surface area contributed by atoms with Gasteiger partial charge in [0, 0.05) is 0 Å². The summed E-state index contributed by atoms with van der Waals surface area (Å²) in [7, 11) is 1.53. The summed E-state index contributed by atoms with van der Waals surface area (Å²) in [5.41, 5.74) is -0.337. The Morgan fingerprint density at radius 1 is 1.44 bits per heavy atom. The number of aromatic hydroxyl groups is 1. The van der Waals surface area contributed by atoms with Gasteiger partial charge in [-0.05, 0) is 44.0 Å². The van der Waals surface area contributed by atoms with Crippen LogP contribution in [-0.4, -0.2) is 23.3 Å². The van der Waals surface area contributed by atoms with E-state index in [0.29, 0.717) is 11.3 Å². The first-order chi connectivity index (χ1) is 7.36. The summed E-state index contributed by atoms with van der Waals surface area (Å²) in [5, 5.41) is 18.6. The van der Waals surface area contributed by atoms with Gasteiger partial charge in [0.15, 0.2) is 0 Å². The molecular formula is C12H16O4. The van der Waals surface area contributed by atoms with Crippen LogP contribution in [0.3, 0.4) is 0 Å². The van der Waals surface area contributed by atoms with E-state index in [2.05, 4.69) is 0 Å². The third kappa shape index (κ3) is 2.66. The first kappa shape index (κ1) is 12.4. The number of hydrogen-bond donors (Lipinski definition) is 2. The first-order valence-corrected chi connectivity index (χ1v) is 4.96. The predicted molar refractivity (Wildman–Crippen MR) is 59.8 cm³/mol. The fraction of sp³-hybridized carbons (Fsp3) is 0.417. The SMILES string of the molecule is COc1ccc(O)c(CC(C)(C)C(=O)O)c1. The van der Waals surface area contributed by atoms with E-state index in [0.717, 1.165) is 0 Å². The van der Waals surface area contributed by atoms with Gasteiger partial charge in [-0.1, -0.05) is 0 Å². The second-order valence-corrected chi connectivity index (χ2v) is 4.36. The van der Waals surface area contributed by atoms with Crippen LogP contribution in [0.1, 0.15) is 19.4 Å². The molecule has 0 radical (unpaired) electrons. The number of hydrogen-bond acceptors (Lipinski definition) is 3. The summed E-state index contributed by atoms with van der Waals surface area (Å²) in [6.45, 7) is 3.24. The van der Waals surface area contributed by atoms with E-state index in [1.165, 1.54) is 13.2 Å². The van der Waals surface area contributed by atoms with Gasteiger partial charge in [-0.25, -0.2) is 0 Å². The molecule has 1 aromatic carbocycles. The smallest absolute Gasteiger partial charge is 0.309 e. The number of carboxylic acid groups (broad SMARTS) is 1. The summed E-state index contributed by atoms with van der Waals surface area (Å²) < 4.78 is 5.03. The van der Waals surface area contributed by atoms with Crippen LogP contribution in [0, 0.1) is 5.41 Å². The molecule has 0 unspecified atom stereocenters. The van der Waals surface area contributed by atoms with Crippen molar-refractivity contribution in [2.24, 2.45) is 5.41 Å². The molecule has 4 heteroatoms. The monoisotopic (exact) mass is 224 g/mol. The molecule has 0 atom stereocenters. The lowest BCUT2D eigenvalue weighted by molar-refractivity contribution is -0.146. The molecule has 0 aliphatic rings. The topological polar surface area (TPSA) is 66.8 Å². The summed E-state index contributed by atoms with van der Waals surface area (Å²) in [4.78, 5) is 11.0.